The minimum Gasteiger partial charge on any atom is -0.458 e. The minimum absolute atomic E-state index is 0.0342. The number of aliphatic hydroxyl groups excluding tert-OH is 1. The van der Waals surface area contributed by atoms with Crippen molar-refractivity contribution >= 4 is 22.1 Å². The van der Waals surface area contributed by atoms with Crippen LogP contribution in [0, 0.1) is 5.82 Å². The molecule has 172 valence electrons. The molecule has 0 saturated carbocycles. The average molecular weight is 464 g/mol. The van der Waals surface area contributed by atoms with Gasteiger partial charge in [-0.25, -0.2) is 27.5 Å². The molecular weight excluding hydrogens is 437 g/mol. The Labute approximate surface area is 186 Å². The molecule has 2 N–H and O–H groups in total. The minimum atomic E-state index is -3.45. The third-order valence-corrected chi connectivity index (χ3v) is 5.51. The summed E-state index contributed by atoms with van der Waals surface area (Å²) in [5.74, 6) is -0.644. The summed E-state index contributed by atoms with van der Waals surface area (Å²) < 4.78 is 44.3. The Hall–Kier alpha value is -2.69. The maximum absolute atomic E-state index is 13.5. The molecular formula is C22H26FN3O5S. The first-order chi connectivity index (χ1) is 15.0. The first-order valence-corrected chi connectivity index (χ1v) is 12.1. The third-order valence-electron chi connectivity index (χ3n) is 4.85. The fraction of sp³-hybridized carbons (Fsp3) is 0.409. The zero-order valence-electron chi connectivity index (χ0n) is 18.1. The van der Waals surface area contributed by atoms with Crippen LogP contribution in [0.5, 0.6) is 0 Å². The van der Waals surface area contributed by atoms with Gasteiger partial charge in [0.15, 0.2) is 0 Å². The lowest BCUT2D eigenvalue weighted by Crippen LogP contribution is -2.31. The molecule has 1 aliphatic heterocycles. The number of aromatic nitrogens is 2. The van der Waals surface area contributed by atoms with E-state index < -0.39 is 34.0 Å². The van der Waals surface area contributed by atoms with Crippen LogP contribution in [0.25, 0.3) is 17.3 Å². The SMILES string of the molecule is CC(C)c1nc(CNS(C)(=O)=O)nc(-c2ccc(F)cc2)c1/C=C/[C@H]1C[C@@H](O)CC(=O)O1. The number of hydrogen-bond acceptors (Lipinski definition) is 7. The average Bonchev–Trinajstić information content (AvgIpc) is 2.70. The molecule has 2 heterocycles. The zero-order valence-corrected chi connectivity index (χ0v) is 18.9. The summed E-state index contributed by atoms with van der Waals surface area (Å²) in [6, 6.07) is 5.79. The van der Waals surface area contributed by atoms with Gasteiger partial charge in [-0.3, -0.25) is 4.79 Å². The van der Waals surface area contributed by atoms with Crippen LogP contribution < -0.4 is 4.72 Å². The summed E-state index contributed by atoms with van der Waals surface area (Å²) in [5, 5.41) is 9.86. The lowest BCUT2D eigenvalue weighted by Gasteiger charge is -2.23. The summed E-state index contributed by atoms with van der Waals surface area (Å²) in [4.78, 5) is 20.8. The molecule has 32 heavy (non-hydrogen) atoms. The molecule has 8 nitrogen and oxygen atoms in total. The van der Waals surface area contributed by atoms with Gasteiger partial charge in [-0.1, -0.05) is 19.9 Å². The van der Waals surface area contributed by atoms with E-state index in [1.165, 1.54) is 12.1 Å². The molecule has 1 aromatic carbocycles. The van der Waals surface area contributed by atoms with Gasteiger partial charge in [0.2, 0.25) is 10.0 Å². The second kappa shape index (κ2) is 9.85. The summed E-state index contributed by atoms with van der Waals surface area (Å²) in [6.07, 6.45) is 3.33. The van der Waals surface area contributed by atoms with Gasteiger partial charge in [-0.2, -0.15) is 0 Å². The third kappa shape index (κ3) is 6.41. The number of sulfonamides is 1. The van der Waals surface area contributed by atoms with E-state index in [4.69, 9.17) is 4.74 Å². The molecule has 10 heteroatoms. The van der Waals surface area contributed by atoms with E-state index in [0.29, 0.717) is 22.5 Å². The summed E-state index contributed by atoms with van der Waals surface area (Å²) in [5.41, 5.74) is 2.42. The highest BCUT2D eigenvalue weighted by Gasteiger charge is 2.26. The quantitative estimate of drug-likeness (QED) is 0.606. The van der Waals surface area contributed by atoms with Crippen LogP contribution in [0.4, 0.5) is 4.39 Å². The highest BCUT2D eigenvalue weighted by molar-refractivity contribution is 7.88. The summed E-state index contributed by atoms with van der Waals surface area (Å²) in [7, 11) is -3.45. The highest BCUT2D eigenvalue weighted by atomic mass is 32.2. The zero-order chi connectivity index (χ0) is 23.5. The second-order valence-corrected chi connectivity index (χ2v) is 9.86. The van der Waals surface area contributed by atoms with Crippen molar-refractivity contribution in [3.63, 3.8) is 0 Å². The van der Waals surface area contributed by atoms with Crippen LogP contribution in [-0.2, 0) is 26.1 Å². The lowest BCUT2D eigenvalue weighted by molar-refractivity contribution is -0.156. The predicted octanol–water partition coefficient (Wildman–Crippen LogP) is 2.54. The van der Waals surface area contributed by atoms with Crippen molar-refractivity contribution in [3.8, 4) is 11.3 Å². The number of benzene rings is 1. The number of rotatable bonds is 7. The molecule has 2 aromatic rings. The topological polar surface area (TPSA) is 118 Å². The standard InChI is InChI=1S/C22H26FN3O5S/c1-13(2)21-18(9-8-17-10-16(27)11-20(28)31-17)22(14-4-6-15(23)7-5-14)26-19(25-21)12-24-32(3,29)30/h4-9,13,16-17,24,27H,10-12H2,1-3H3/b9-8+/t16-,17+/m1/s1. The molecule has 0 unspecified atom stereocenters. The van der Waals surface area contributed by atoms with E-state index in [2.05, 4.69) is 14.7 Å². The first-order valence-electron chi connectivity index (χ1n) is 10.2. The maximum atomic E-state index is 13.5. The molecule has 1 aromatic heterocycles. The van der Waals surface area contributed by atoms with Gasteiger partial charge in [0, 0.05) is 17.5 Å². The van der Waals surface area contributed by atoms with Crippen LogP contribution >= 0.6 is 0 Å². The number of carbonyl (C=O) groups is 1. The number of nitrogens with one attached hydrogen (secondary N) is 1. The molecule has 0 amide bonds. The number of cyclic esters (lactones) is 1. The van der Waals surface area contributed by atoms with Crippen molar-refractivity contribution in [2.75, 3.05) is 6.26 Å². The van der Waals surface area contributed by atoms with Crippen LogP contribution in [0.1, 0.15) is 49.7 Å². The Morgan fingerprint density at radius 1 is 1.28 bits per heavy atom. The van der Waals surface area contributed by atoms with Crippen molar-refractivity contribution < 1.29 is 27.4 Å². The highest BCUT2D eigenvalue weighted by Crippen LogP contribution is 2.30. The van der Waals surface area contributed by atoms with E-state index in [1.807, 2.05) is 13.8 Å². The molecule has 0 bridgehead atoms. The number of ether oxygens (including phenoxy) is 1. The van der Waals surface area contributed by atoms with Crippen molar-refractivity contribution in [2.24, 2.45) is 0 Å². The number of esters is 1. The fourth-order valence-electron chi connectivity index (χ4n) is 3.37. The second-order valence-electron chi connectivity index (χ2n) is 8.02. The molecule has 3 rings (SSSR count). The van der Waals surface area contributed by atoms with Gasteiger partial charge in [0.25, 0.3) is 0 Å². The van der Waals surface area contributed by atoms with Crippen LogP contribution in [0.15, 0.2) is 30.3 Å². The van der Waals surface area contributed by atoms with E-state index >= 15 is 0 Å². The predicted molar refractivity (Wildman–Crippen MR) is 117 cm³/mol. The Bertz CT molecular complexity index is 1120. The van der Waals surface area contributed by atoms with Gasteiger partial charge in [-0.15, -0.1) is 0 Å². The molecule has 0 radical (unpaired) electrons. The van der Waals surface area contributed by atoms with Crippen molar-refractivity contribution in [1.82, 2.24) is 14.7 Å². The van der Waals surface area contributed by atoms with Crippen LogP contribution in [0.2, 0.25) is 0 Å². The number of aliphatic hydroxyl groups is 1. The Morgan fingerprint density at radius 2 is 1.97 bits per heavy atom. The Kier molecular flexibility index (Phi) is 7.37. The normalized spacial score (nSPS) is 19.5. The summed E-state index contributed by atoms with van der Waals surface area (Å²) in [6.45, 7) is 3.78. The number of halogens is 1. The van der Waals surface area contributed by atoms with Gasteiger partial charge in [-0.05, 0) is 36.3 Å². The number of hydrogen-bond donors (Lipinski definition) is 2. The smallest absolute Gasteiger partial charge is 0.309 e. The Morgan fingerprint density at radius 3 is 2.56 bits per heavy atom. The monoisotopic (exact) mass is 463 g/mol. The number of nitrogens with zero attached hydrogens (tertiary/aromatic N) is 2. The molecule has 0 aliphatic carbocycles. The van der Waals surface area contributed by atoms with Crippen molar-refractivity contribution in [2.45, 2.75) is 51.4 Å². The van der Waals surface area contributed by atoms with Crippen molar-refractivity contribution in [1.29, 1.82) is 0 Å². The molecule has 2 atom stereocenters. The van der Waals surface area contributed by atoms with Gasteiger partial charge < -0.3 is 9.84 Å². The number of carbonyl (C=O) groups excluding carboxylic acids is 1. The van der Waals surface area contributed by atoms with E-state index in [-0.39, 0.29) is 31.1 Å². The molecule has 0 spiro atoms. The van der Waals surface area contributed by atoms with E-state index in [1.54, 1.807) is 24.3 Å². The largest absolute Gasteiger partial charge is 0.458 e. The van der Waals surface area contributed by atoms with Crippen molar-refractivity contribution in [3.05, 3.63) is 53.2 Å². The first kappa shape index (κ1) is 24.0. The Balaban J connectivity index is 2.08. The molecule has 1 aliphatic rings. The molecule has 1 fully saturated rings. The van der Waals surface area contributed by atoms with Crippen LogP contribution in [-0.4, -0.2) is 47.9 Å². The maximum Gasteiger partial charge on any atom is 0.309 e. The van der Waals surface area contributed by atoms with Gasteiger partial charge in [0.1, 0.15) is 17.7 Å². The summed E-state index contributed by atoms with van der Waals surface area (Å²) >= 11 is 0. The van der Waals surface area contributed by atoms with Gasteiger partial charge >= 0.3 is 5.97 Å². The molecule has 1 saturated heterocycles. The van der Waals surface area contributed by atoms with E-state index in [9.17, 15) is 22.7 Å². The van der Waals surface area contributed by atoms with Gasteiger partial charge in [0.05, 0.1) is 36.7 Å². The van der Waals surface area contributed by atoms with Crippen LogP contribution in [0.3, 0.4) is 0 Å². The fourth-order valence-corrected chi connectivity index (χ4v) is 3.76. The van der Waals surface area contributed by atoms with E-state index in [0.717, 1.165) is 6.26 Å². The lowest BCUT2D eigenvalue weighted by atomic mass is 9.96.